The summed E-state index contributed by atoms with van der Waals surface area (Å²) in [5, 5.41) is 18.3. The van der Waals surface area contributed by atoms with Gasteiger partial charge in [0.15, 0.2) is 0 Å². The Morgan fingerprint density at radius 2 is 1.42 bits per heavy atom. The van der Waals surface area contributed by atoms with Crippen molar-refractivity contribution in [1.82, 2.24) is 0 Å². The lowest BCUT2D eigenvalue weighted by Gasteiger charge is -2.12. The molecule has 4 heteroatoms. The molecule has 0 heterocycles. The number of hydrogen-bond donors (Lipinski definition) is 2. The first-order chi connectivity index (χ1) is 8.91. The third-order valence-electron chi connectivity index (χ3n) is 3.17. The highest BCUT2D eigenvalue weighted by Gasteiger charge is 2.22. The third kappa shape index (κ3) is 6.99. The van der Waals surface area contributed by atoms with Crippen LogP contribution < -0.4 is 0 Å². The second-order valence-corrected chi connectivity index (χ2v) is 5.18. The minimum absolute atomic E-state index is 0.0426. The van der Waals surface area contributed by atoms with E-state index in [0.29, 0.717) is 6.42 Å². The maximum atomic E-state index is 11.2. The molecule has 2 N–H and O–H groups in total. The standard InChI is InChI=1S/C15H26O4/c1-4-5-6-7-8-9-10-12(14(16)17)13(11(2)3)15(18)19/h11H,4-10H2,1-3H3,(H,16,17)(H,18,19)/b13-12+. The van der Waals surface area contributed by atoms with Crippen molar-refractivity contribution in [2.45, 2.75) is 65.7 Å². The van der Waals surface area contributed by atoms with Gasteiger partial charge in [0.1, 0.15) is 0 Å². The van der Waals surface area contributed by atoms with Gasteiger partial charge in [-0.15, -0.1) is 0 Å². The molecule has 0 amide bonds. The van der Waals surface area contributed by atoms with E-state index in [9.17, 15) is 9.59 Å². The predicted octanol–water partition coefficient (Wildman–Crippen LogP) is 3.86. The number of hydrogen-bond acceptors (Lipinski definition) is 2. The van der Waals surface area contributed by atoms with Gasteiger partial charge < -0.3 is 10.2 Å². The molecule has 0 fully saturated rings. The predicted molar refractivity (Wildman–Crippen MR) is 75.1 cm³/mol. The third-order valence-corrected chi connectivity index (χ3v) is 3.17. The Hall–Kier alpha value is -1.32. The molecule has 0 aromatic carbocycles. The molecule has 0 aliphatic rings. The van der Waals surface area contributed by atoms with E-state index in [2.05, 4.69) is 6.92 Å². The van der Waals surface area contributed by atoms with Crippen LogP contribution in [0.25, 0.3) is 0 Å². The summed E-state index contributed by atoms with van der Waals surface area (Å²) in [6.07, 6.45) is 6.69. The zero-order valence-corrected chi connectivity index (χ0v) is 12.2. The molecule has 0 radical (unpaired) electrons. The molecular weight excluding hydrogens is 244 g/mol. The molecule has 0 saturated heterocycles. The highest BCUT2D eigenvalue weighted by atomic mass is 16.4. The Morgan fingerprint density at radius 1 is 0.895 bits per heavy atom. The molecule has 0 bridgehead atoms. The molecule has 0 atom stereocenters. The van der Waals surface area contributed by atoms with Gasteiger partial charge in [0.25, 0.3) is 0 Å². The molecule has 0 unspecified atom stereocenters. The van der Waals surface area contributed by atoms with Crippen LogP contribution in [0.15, 0.2) is 11.1 Å². The van der Waals surface area contributed by atoms with E-state index >= 15 is 0 Å². The van der Waals surface area contributed by atoms with Gasteiger partial charge in [0, 0.05) is 11.1 Å². The number of carboxylic acid groups (broad SMARTS) is 2. The SMILES string of the molecule is CCCCCCCC/C(C(=O)O)=C(\C(=O)O)C(C)C. The van der Waals surface area contributed by atoms with Crippen molar-refractivity contribution < 1.29 is 19.8 Å². The first-order valence-corrected chi connectivity index (χ1v) is 7.11. The van der Waals surface area contributed by atoms with Crippen LogP contribution in [0.5, 0.6) is 0 Å². The smallest absolute Gasteiger partial charge is 0.332 e. The maximum absolute atomic E-state index is 11.2. The van der Waals surface area contributed by atoms with Gasteiger partial charge in [-0.05, 0) is 18.8 Å². The molecule has 0 aliphatic carbocycles. The Kier molecular flexibility index (Phi) is 8.92. The fraction of sp³-hybridized carbons (Fsp3) is 0.733. The Balaban J connectivity index is 4.53. The van der Waals surface area contributed by atoms with Crippen LogP contribution in [-0.4, -0.2) is 22.2 Å². The van der Waals surface area contributed by atoms with E-state index < -0.39 is 11.9 Å². The van der Waals surface area contributed by atoms with Crippen molar-refractivity contribution in [1.29, 1.82) is 0 Å². The lowest BCUT2D eigenvalue weighted by Crippen LogP contribution is -2.15. The molecule has 0 saturated carbocycles. The number of rotatable bonds is 10. The van der Waals surface area contributed by atoms with Crippen LogP contribution in [0.4, 0.5) is 0 Å². The fourth-order valence-electron chi connectivity index (χ4n) is 2.16. The van der Waals surface area contributed by atoms with E-state index in [0.717, 1.165) is 19.3 Å². The van der Waals surface area contributed by atoms with Crippen LogP contribution in [0.3, 0.4) is 0 Å². The summed E-state index contributed by atoms with van der Waals surface area (Å²) in [4.78, 5) is 22.3. The fourth-order valence-corrected chi connectivity index (χ4v) is 2.16. The van der Waals surface area contributed by atoms with Crippen molar-refractivity contribution in [3.05, 3.63) is 11.1 Å². The monoisotopic (exact) mass is 270 g/mol. The van der Waals surface area contributed by atoms with Crippen molar-refractivity contribution in [3.63, 3.8) is 0 Å². The maximum Gasteiger partial charge on any atom is 0.332 e. The van der Waals surface area contributed by atoms with Crippen LogP contribution >= 0.6 is 0 Å². The van der Waals surface area contributed by atoms with E-state index in [1.165, 1.54) is 19.3 Å². The normalized spacial score (nSPS) is 12.4. The molecule has 4 nitrogen and oxygen atoms in total. The molecule has 110 valence electrons. The van der Waals surface area contributed by atoms with Gasteiger partial charge in [-0.2, -0.15) is 0 Å². The molecule has 0 aromatic heterocycles. The summed E-state index contributed by atoms with van der Waals surface area (Å²) >= 11 is 0. The van der Waals surface area contributed by atoms with E-state index in [4.69, 9.17) is 10.2 Å². The summed E-state index contributed by atoms with van der Waals surface area (Å²) in [7, 11) is 0. The van der Waals surface area contributed by atoms with Gasteiger partial charge in [-0.1, -0.05) is 52.9 Å². The summed E-state index contributed by atoms with van der Waals surface area (Å²) in [6, 6.07) is 0. The number of carboxylic acids is 2. The zero-order valence-electron chi connectivity index (χ0n) is 12.2. The number of unbranched alkanes of at least 4 members (excludes halogenated alkanes) is 5. The van der Waals surface area contributed by atoms with Crippen LogP contribution in [-0.2, 0) is 9.59 Å². The average Bonchev–Trinajstić information content (AvgIpc) is 2.30. The summed E-state index contributed by atoms with van der Waals surface area (Å²) in [5.74, 6) is -2.48. The summed E-state index contributed by atoms with van der Waals surface area (Å²) in [6.45, 7) is 5.58. The molecule has 0 aromatic rings. The molecular formula is C15H26O4. The van der Waals surface area contributed by atoms with Crippen molar-refractivity contribution in [2.24, 2.45) is 5.92 Å². The van der Waals surface area contributed by atoms with E-state index in [1.54, 1.807) is 13.8 Å². The zero-order chi connectivity index (χ0) is 14.8. The second kappa shape index (κ2) is 9.59. The van der Waals surface area contributed by atoms with Gasteiger partial charge in [-0.3, -0.25) is 0 Å². The Labute approximate surface area is 115 Å². The van der Waals surface area contributed by atoms with Crippen molar-refractivity contribution >= 4 is 11.9 Å². The quantitative estimate of drug-likeness (QED) is 0.467. The van der Waals surface area contributed by atoms with Crippen LogP contribution in [0, 0.1) is 5.92 Å². The lowest BCUT2D eigenvalue weighted by atomic mass is 9.93. The summed E-state index contributed by atoms with van der Waals surface area (Å²) in [5.41, 5.74) is 0.110. The first-order valence-electron chi connectivity index (χ1n) is 7.11. The van der Waals surface area contributed by atoms with Crippen molar-refractivity contribution in [2.75, 3.05) is 0 Å². The molecule has 0 spiro atoms. The van der Waals surface area contributed by atoms with E-state index in [1.807, 2.05) is 0 Å². The van der Waals surface area contributed by atoms with Gasteiger partial charge >= 0.3 is 11.9 Å². The molecule has 0 aliphatic heterocycles. The van der Waals surface area contributed by atoms with Crippen LogP contribution in [0.1, 0.15) is 65.7 Å². The molecule has 19 heavy (non-hydrogen) atoms. The Bertz CT molecular complexity index is 329. The minimum Gasteiger partial charge on any atom is -0.478 e. The molecule has 0 rings (SSSR count). The van der Waals surface area contributed by atoms with Crippen LogP contribution in [0.2, 0.25) is 0 Å². The topological polar surface area (TPSA) is 74.6 Å². The highest BCUT2D eigenvalue weighted by molar-refractivity contribution is 5.99. The van der Waals surface area contributed by atoms with E-state index in [-0.39, 0.29) is 17.1 Å². The number of carbonyl (C=O) groups is 2. The first kappa shape index (κ1) is 17.7. The summed E-state index contributed by atoms with van der Waals surface area (Å²) < 4.78 is 0. The lowest BCUT2D eigenvalue weighted by molar-refractivity contribution is -0.136. The average molecular weight is 270 g/mol. The van der Waals surface area contributed by atoms with Crippen molar-refractivity contribution in [3.8, 4) is 0 Å². The minimum atomic E-state index is -1.11. The second-order valence-electron chi connectivity index (χ2n) is 5.18. The highest BCUT2D eigenvalue weighted by Crippen LogP contribution is 2.21. The Morgan fingerprint density at radius 3 is 1.84 bits per heavy atom. The van der Waals surface area contributed by atoms with Gasteiger partial charge in [-0.25, -0.2) is 9.59 Å². The van der Waals surface area contributed by atoms with Gasteiger partial charge in [0.05, 0.1) is 0 Å². The van der Waals surface area contributed by atoms with Gasteiger partial charge in [0.2, 0.25) is 0 Å². The number of aliphatic carboxylic acids is 2. The largest absolute Gasteiger partial charge is 0.478 e.